The van der Waals surface area contributed by atoms with E-state index in [4.69, 9.17) is 4.74 Å². The van der Waals surface area contributed by atoms with Gasteiger partial charge in [-0.05, 0) is 63.4 Å². The third-order valence-corrected chi connectivity index (χ3v) is 6.90. The van der Waals surface area contributed by atoms with Crippen LogP contribution >= 0.6 is 0 Å². The maximum absolute atomic E-state index is 12.6. The zero-order valence-corrected chi connectivity index (χ0v) is 17.7. The Morgan fingerprint density at radius 2 is 2.00 bits per heavy atom. The van der Waals surface area contributed by atoms with E-state index in [0.29, 0.717) is 25.6 Å². The quantitative estimate of drug-likeness (QED) is 0.690. The maximum Gasteiger partial charge on any atom is 0.227 e. The number of likely N-dealkylation sites (tertiary alicyclic amines) is 2. The van der Waals surface area contributed by atoms with Crippen molar-refractivity contribution in [1.82, 2.24) is 9.80 Å². The number of amides is 2. The van der Waals surface area contributed by atoms with Crippen molar-refractivity contribution in [3.63, 3.8) is 0 Å². The molecule has 1 aromatic rings. The van der Waals surface area contributed by atoms with Crippen LogP contribution in [0.5, 0.6) is 5.75 Å². The van der Waals surface area contributed by atoms with Gasteiger partial charge in [0.2, 0.25) is 11.8 Å². The summed E-state index contributed by atoms with van der Waals surface area (Å²) in [5.41, 5.74) is 0.844. The van der Waals surface area contributed by atoms with Gasteiger partial charge in [-0.15, -0.1) is 0 Å². The molecule has 1 aromatic carbocycles. The Morgan fingerprint density at radius 3 is 2.66 bits per heavy atom. The second-order valence-corrected chi connectivity index (χ2v) is 9.07. The minimum atomic E-state index is -0.0787. The van der Waals surface area contributed by atoms with Crippen LogP contribution in [-0.4, -0.2) is 67.0 Å². The van der Waals surface area contributed by atoms with Gasteiger partial charge in [-0.1, -0.05) is 0 Å². The summed E-state index contributed by atoms with van der Waals surface area (Å²) in [6, 6.07) is 8.59. The van der Waals surface area contributed by atoms with E-state index in [2.05, 4.69) is 11.8 Å². The third kappa shape index (κ3) is 4.42. The summed E-state index contributed by atoms with van der Waals surface area (Å²) in [5.74, 6) is 1.12. The fourth-order valence-electron chi connectivity index (χ4n) is 5.11. The zero-order chi connectivity index (χ0) is 20.4. The first-order valence-corrected chi connectivity index (χ1v) is 11.0. The zero-order valence-electron chi connectivity index (χ0n) is 17.7. The van der Waals surface area contributed by atoms with Crippen molar-refractivity contribution in [1.29, 1.82) is 0 Å². The van der Waals surface area contributed by atoms with Gasteiger partial charge in [0.05, 0.1) is 6.61 Å². The van der Waals surface area contributed by atoms with E-state index in [1.165, 1.54) is 19.4 Å². The molecule has 0 N–H and O–H groups in total. The minimum absolute atomic E-state index is 0.0787. The molecule has 3 aliphatic rings. The third-order valence-electron chi connectivity index (χ3n) is 6.90. The lowest BCUT2D eigenvalue weighted by Crippen LogP contribution is -2.33. The Bertz CT molecular complexity index is 750. The first-order chi connectivity index (χ1) is 14.0. The number of hydrogen-bond acceptors (Lipinski definition) is 4. The van der Waals surface area contributed by atoms with Gasteiger partial charge in [-0.3, -0.25) is 9.59 Å². The Hall–Kier alpha value is -2.08. The van der Waals surface area contributed by atoms with Crippen molar-refractivity contribution in [3.8, 4) is 5.75 Å². The van der Waals surface area contributed by atoms with E-state index in [0.717, 1.165) is 44.0 Å². The van der Waals surface area contributed by atoms with Crippen molar-refractivity contribution in [2.45, 2.75) is 52.0 Å². The summed E-state index contributed by atoms with van der Waals surface area (Å²) in [6.45, 7) is 9.10. The number of anilines is 1. The van der Waals surface area contributed by atoms with E-state index < -0.39 is 0 Å². The molecule has 29 heavy (non-hydrogen) atoms. The highest BCUT2D eigenvalue weighted by atomic mass is 16.5. The molecule has 2 unspecified atom stereocenters. The van der Waals surface area contributed by atoms with E-state index in [1.54, 1.807) is 6.92 Å². The fraction of sp³-hybridized carbons (Fsp3) is 0.652. The molecule has 3 aliphatic heterocycles. The van der Waals surface area contributed by atoms with Crippen molar-refractivity contribution in [2.24, 2.45) is 5.41 Å². The van der Waals surface area contributed by atoms with Crippen LogP contribution in [-0.2, 0) is 9.59 Å². The lowest BCUT2D eigenvalue weighted by molar-refractivity contribution is -0.128. The molecule has 3 heterocycles. The second kappa shape index (κ2) is 8.34. The summed E-state index contributed by atoms with van der Waals surface area (Å²) >= 11 is 0. The summed E-state index contributed by atoms with van der Waals surface area (Å²) in [6.07, 6.45) is 5.10. The number of benzene rings is 1. The molecule has 158 valence electrons. The van der Waals surface area contributed by atoms with Gasteiger partial charge in [0.15, 0.2) is 0 Å². The van der Waals surface area contributed by atoms with Gasteiger partial charge in [-0.25, -0.2) is 0 Å². The molecule has 0 aliphatic carbocycles. The van der Waals surface area contributed by atoms with Crippen LogP contribution in [0.15, 0.2) is 24.3 Å². The van der Waals surface area contributed by atoms with Gasteiger partial charge in [0.1, 0.15) is 5.75 Å². The molecule has 3 saturated heterocycles. The molecule has 6 nitrogen and oxygen atoms in total. The van der Waals surface area contributed by atoms with E-state index in [-0.39, 0.29) is 17.2 Å². The number of nitrogens with zero attached hydrogens (tertiary/aromatic N) is 3. The number of carbonyl (C=O) groups is 2. The molecule has 2 amide bonds. The molecular weight excluding hydrogens is 366 g/mol. The Labute approximate surface area is 173 Å². The number of ether oxygens (including phenoxy) is 1. The fourth-order valence-corrected chi connectivity index (χ4v) is 5.11. The Balaban J connectivity index is 1.28. The van der Waals surface area contributed by atoms with Gasteiger partial charge in [0.25, 0.3) is 0 Å². The van der Waals surface area contributed by atoms with Crippen LogP contribution in [0.2, 0.25) is 0 Å². The molecule has 0 saturated carbocycles. The molecule has 2 atom stereocenters. The molecule has 1 spiro atoms. The number of hydrogen-bond donors (Lipinski definition) is 0. The molecular formula is C23H33N3O3. The van der Waals surface area contributed by atoms with Gasteiger partial charge in [-0.2, -0.15) is 0 Å². The Kier molecular flexibility index (Phi) is 5.81. The lowest BCUT2D eigenvalue weighted by Gasteiger charge is -2.24. The topological polar surface area (TPSA) is 53.1 Å². The van der Waals surface area contributed by atoms with Crippen molar-refractivity contribution >= 4 is 17.5 Å². The van der Waals surface area contributed by atoms with E-state index in [1.807, 2.05) is 34.1 Å². The molecule has 6 heteroatoms. The SMILES string of the molecule is CC(=O)N1CCC2(CC(=O)N(c3ccc(OCCCN4CCCC4C)cc3)C2)C1. The monoisotopic (exact) mass is 399 g/mol. The lowest BCUT2D eigenvalue weighted by atomic mass is 9.86. The van der Waals surface area contributed by atoms with Gasteiger partial charge in [0, 0.05) is 56.7 Å². The van der Waals surface area contributed by atoms with E-state index >= 15 is 0 Å². The highest BCUT2D eigenvalue weighted by Gasteiger charge is 2.48. The second-order valence-electron chi connectivity index (χ2n) is 9.07. The highest BCUT2D eigenvalue weighted by molar-refractivity contribution is 5.96. The summed E-state index contributed by atoms with van der Waals surface area (Å²) in [5, 5.41) is 0. The average molecular weight is 400 g/mol. The summed E-state index contributed by atoms with van der Waals surface area (Å²) in [4.78, 5) is 30.6. The molecule has 3 fully saturated rings. The maximum atomic E-state index is 12.6. The van der Waals surface area contributed by atoms with Crippen molar-refractivity contribution < 1.29 is 14.3 Å². The molecule has 0 aromatic heterocycles. The molecule has 4 rings (SSSR count). The predicted molar refractivity (Wildman–Crippen MR) is 113 cm³/mol. The van der Waals surface area contributed by atoms with E-state index in [9.17, 15) is 9.59 Å². The standard InChI is InChI=1S/C23H33N3O3/c1-18-5-3-11-24(18)12-4-14-29-21-8-6-20(7-9-21)26-17-23(15-22(26)28)10-13-25(16-23)19(2)27/h6-9,18H,3-5,10-17H2,1-2H3. The molecule has 0 radical (unpaired) electrons. The van der Waals surface area contributed by atoms with Crippen LogP contribution in [0.4, 0.5) is 5.69 Å². The normalized spacial score (nSPS) is 27.4. The highest BCUT2D eigenvalue weighted by Crippen LogP contribution is 2.42. The van der Waals surface area contributed by atoms with Crippen LogP contribution in [0, 0.1) is 5.41 Å². The number of carbonyl (C=O) groups excluding carboxylic acids is 2. The van der Waals surface area contributed by atoms with Gasteiger partial charge < -0.3 is 19.4 Å². The van der Waals surface area contributed by atoms with Crippen LogP contribution in [0.25, 0.3) is 0 Å². The summed E-state index contributed by atoms with van der Waals surface area (Å²) in [7, 11) is 0. The summed E-state index contributed by atoms with van der Waals surface area (Å²) < 4.78 is 5.90. The van der Waals surface area contributed by atoms with Crippen LogP contribution < -0.4 is 9.64 Å². The first-order valence-electron chi connectivity index (χ1n) is 11.0. The largest absolute Gasteiger partial charge is 0.494 e. The van der Waals surface area contributed by atoms with Gasteiger partial charge >= 0.3 is 0 Å². The van der Waals surface area contributed by atoms with Crippen molar-refractivity contribution in [3.05, 3.63) is 24.3 Å². The minimum Gasteiger partial charge on any atom is -0.494 e. The van der Waals surface area contributed by atoms with Crippen molar-refractivity contribution in [2.75, 3.05) is 44.2 Å². The molecule has 0 bridgehead atoms. The first kappa shape index (κ1) is 20.2. The smallest absolute Gasteiger partial charge is 0.227 e. The van der Waals surface area contributed by atoms with Crippen LogP contribution in [0.3, 0.4) is 0 Å². The predicted octanol–water partition coefficient (Wildman–Crippen LogP) is 2.92. The average Bonchev–Trinajstić information content (AvgIpc) is 3.39. The van der Waals surface area contributed by atoms with Crippen LogP contribution in [0.1, 0.15) is 46.0 Å². The Morgan fingerprint density at radius 1 is 1.21 bits per heavy atom. The number of rotatable bonds is 6.